The molecule has 0 aliphatic carbocycles. The first-order valence-electron chi connectivity index (χ1n) is 8.87. The maximum Gasteiger partial charge on any atom is 0.262 e. The minimum Gasteiger partial charge on any atom is -0.482 e. The van der Waals surface area contributed by atoms with Crippen molar-refractivity contribution in [2.45, 2.75) is 13.5 Å². The average molecular weight is 450 g/mol. The van der Waals surface area contributed by atoms with Gasteiger partial charge in [-0.1, -0.05) is 53.0 Å². The molecule has 4 nitrogen and oxygen atoms in total. The maximum absolute atomic E-state index is 12.1. The van der Waals surface area contributed by atoms with Gasteiger partial charge in [0.25, 0.3) is 5.91 Å². The molecule has 0 aromatic heterocycles. The third-order valence-electron chi connectivity index (χ3n) is 4.13. The molecule has 0 aliphatic heterocycles. The van der Waals surface area contributed by atoms with Crippen LogP contribution < -0.4 is 15.4 Å². The van der Waals surface area contributed by atoms with Gasteiger partial charge in [-0.25, -0.2) is 0 Å². The lowest BCUT2D eigenvalue weighted by Crippen LogP contribution is -2.20. The van der Waals surface area contributed by atoms with Gasteiger partial charge in [0.05, 0.1) is 5.02 Å². The number of halogens is 3. The number of carbonyl (C=O) groups is 1. The molecule has 0 aliphatic rings. The number of amides is 1. The van der Waals surface area contributed by atoms with E-state index in [9.17, 15) is 4.79 Å². The highest BCUT2D eigenvalue weighted by Gasteiger charge is 2.08. The molecule has 0 fully saturated rings. The Labute approximate surface area is 184 Å². The highest BCUT2D eigenvalue weighted by molar-refractivity contribution is 6.32. The number of hydrogen-bond acceptors (Lipinski definition) is 3. The second-order valence-electron chi connectivity index (χ2n) is 6.43. The summed E-state index contributed by atoms with van der Waals surface area (Å²) in [5.74, 6) is 0.142. The van der Waals surface area contributed by atoms with Crippen LogP contribution in [0, 0.1) is 6.92 Å². The van der Waals surface area contributed by atoms with Gasteiger partial charge >= 0.3 is 0 Å². The van der Waals surface area contributed by atoms with Crippen LogP contribution in [0.5, 0.6) is 5.75 Å². The molecule has 3 rings (SSSR count). The van der Waals surface area contributed by atoms with Gasteiger partial charge in [0.2, 0.25) is 0 Å². The summed E-state index contributed by atoms with van der Waals surface area (Å²) in [5, 5.41) is 7.71. The van der Waals surface area contributed by atoms with Gasteiger partial charge in [-0.15, -0.1) is 0 Å². The molecule has 0 heterocycles. The Hall–Kier alpha value is -2.40. The molecule has 0 spiro atoms. The zero-order valence-electron chi connectivity index (χ0n) is 15.6. The standard InChI is InChI=1S/C22H19Cl3N2O2/c1-14-5-7-18(11-19(14)24)27-22(28)13-29-21-8-6-15(9-20(21)25)12-26-17-4-2-3-16(23)10-17/h2-11,26H,12-13H2,1H3,(H,27,28). The van der Waals surface area contributed by atoms with Crippen molar-refractivity contribution in [3.63, 3.8) is 0 Å². The van der Waals surface area contributed by atoms with E-state index in [0.717, 1.165) is 16.8 Å². The molecule has 7 heteroatoms. The summed E-state index contributed by atoms with van der Waals surface area (Å²) < 4.78 is 5.54. The molecule has 0 saturated carbocycles. The van der Waals surface area contributed by atoms with E-state index in [2.05, 4.69) is 10.6 Å². The minimum atomic E-state index is -0.298. The molecule has 0 radical (unpaired) electrons. The first-order chi connectivity index (χ1) is 13.9. The van der Waals surface area contributed by atoms with E-state index in [0.29, 0.717) is 33.0 Å². The minimum absolute atomic E-state index is 0.161. The van der Waals surface area contributed by atoms with Crippen molar-refractivity contribution in [1.29, 1.82) is 0 Å². The third kappa shape index (κ3) is 6.29. The summed E-state index contributed by atoms with van der Waals surface area (Å²) in [5.41, 5.74) is 3.45. The molecule has 3 aromatic carbocycles. The van der Waals surface area contributed by atoms with Crippen molar-refractivity contribution in [1.82, 2.24) is 0 Å². The molecule has 2 N–H and O–H groups in total. The number of nitrogens with one attached hydrogen (secondary N) is 2. The predicted molar refractivity (Wildman–Crippen MR) is 121 cm³/mol. The monoisotopic (exact) mass is 448 g/mol. The third-order valence-corrected chi connectivity index (χ3v) is 5.07. The first-order valence-corrected chi connectivity index (χ1v) is 10.0. The van der Waals surface area contributed by atoms with Crippen LogP contribution in [-0.2, 0) is 11.3 Å². The van der Waals surface area contributed by atoms with E-state index in [1.54, 1.807) is 24.3 Å². The van der Waals surface area contributed by atoms with Gasteiger partial charge in [-0.2, -0.15) is 0 Å². The summed E-state index contributed by atoms with van der Waals surface area (Å²) in [6.07, 6.45) is 0. The summed E-state index contributed by atoms with van der Waals surface area (Å²) in [6.45, 7) is 2.31. The van der Waals surface area contributed by atoms with Crippen molar-refractivity contribution in [3.05, 3.63) is 86.9 Å². The van der Waals surface area contributed by atoms with Crippen LogP contribution in [0.3, 0.4) is 0 Å². The lowest BCUT2D eigenvalue weighted by molar-refractivity contribution is -0.118. The molecule has 150 valence electrons. The van der Waals surface area contributed by atoms with E-state index in [4.69, 9.17) is 39.5 Å². The number of aryl methyl sites for hydroxylation is 1. The van der Waals surface area contributed by atoms with Crippen LogP contribution >= 0.6 is 34.8 Å². The van der Waals surface area contributed by atoms with Crippen molar-refractivity contribution in [2.75, 3.05) is 17.2 Å². The molecule has 0 atom stereocenters. The van der Waals surface area contributed by atoms with E-state index in [-0.39, 0.29) is 12.5 Å². The van der Waals surface area contributed by atoms with Gasteiger partial charge in [0, 0.05) is 28.0 Å². The smallest absolute Gasteiger partial charge is 0.262 e. The van der Waals surface area contributed by atoms with Crippen LogP contribution in [0.4, 0.5) is 11.4 Å². The molecule has 1 amide bonds. The number of benzene rings is 3. The summed E-state index contributed by atoms with van der Waals surface area (Å²) in [7, 11) is 0. The Morgan fingerprint density at radius 1 is 0.931 bits per heavy atom. The summed E-state index contributed by atoms with van der Waals surface area (Å²) in [6, 6.07) is 18.2. The van der Waals surface area contributed by atoms with Crippen molar-refractivity contribution in [2.24, 2.45) is 0 Å². The van der Waals surface area contributed by atoms with E-state index in [1.165, 1.54) is 0 Å². The number of carbonyl (C=O) groups excluding carboxylic acids is 1. The molecular formula is C22H19Cl3N2O2. The Morgan fingerprint density at radius 2 is 1.76 bits per heavy atom. The van der Waals surface area contributed by atoms with E-state index in [1.807, 2.05) is 43.3 Å². The van der Waals surface area contributed by atoms with Gasteiger partial charge in [0.15, 0.2) is 6.61 Å². The largest absolute Gasteiger partial charge is 0.482 e. The predicted octanol–water partition coefficient (Wildman–Crippen LogP) is 6.58. The lowest BCUT2D eigenvalue weighted by Gasteiger charge is -2.11. The molecule has 29 heavy (non-hydrogen) atoms. The SMILES string of the molecule is Cc1ccc(NC(=O)COc2ccc(CNc3cccc(Cl)c3)cc2Cl)cc1Cl. The molecule has 0 bridgehead atoms. The molecular weight excluding hydrogens is 431 g/mol. The van der Waals surface area contributed by atoms with Crippen LogP contribution in [-0.4, -0.2) is 12.5 Å². The normalized spacial score (nSPS) is 10.5. The Morgan fingerprint density at radius 3 is 2.48 bits per heavy atom. The van der Waals surface area contributed by atoms with Crippen LogP contribution in [0.25, 0.3) is 0 Å². The first kappa shape index (κ1) is 21.3. The molecule has 0 saturated heterocycles. The van der Waals surface area contributed by atoms with Gasteiger partial charge in [0.1, 0.15) is 5.75 Å². The quantitative estimate of drug-likeness (QED) is 0.428. The van der Waals surface area contributed by atoms with Gasteiger partial charge < -0.3 is 15.4 Å². The maximum atomic E-state index is 12.1. The van der Waals surface area contributed by atoms with Crippen LogP contribution in [0.1, 0.15) is 11.1 Å². The fourth-order valence-electron chi connectivity index (χ4n) is 2.58. The van der Waals surface area contributed by atoms with Crippen LogP contribution in [0.2, 0.25) is 15.1 Å². The number of rotatable bonds is 7. The number of ether oxygens (including phenoxy) is 1. The molecule has 3 aromatic rings. The van der Waals surface area contributed by atoms with E-state index < -0.39 is 0 Å². The highest BCUT2D eigenvalue weighted by atomic mass is 35.5. The number of hydrogen-bond donors (Lipinski definition) is 2. The lowest BCUT2D eigenvalue weighted by atomic mass is 10.2. The Balaban J connectivity index is 1.53. The second-order valence-corrected chi connectivity index (χ2v) is 7.68. The number of anilines is 2. The summed E-state index contributed by atoms with van der Waals surface area (Å²) >= 11 is 18.3. The fourth-order valence-corrected chi connectivity index (χ4v) is 3.21. The summed E-state index contributed by atoms with van der Waals surface area (Å²) in [4.78, 5) is 12.1. The topological polar surface area (TPSA) is 50.4 Å². The van der Waals surface area contributed by atoms with Crippen molar-refractivity contribution in [3.8, 4) is 5.75 Å². The Bertz CT molecular complexity index is 1020. The Kier molecular flexibility index (Phi) is 7.26. The van der Waals surface area contributed by atoms with E-state index >= 15 is 0 Å². The van der Waals surface area contributed by atoms with Gasteiger partial charge in [-0.05, 0) is 60.5 Å². The second kappa shape index (κ2) is 9.88. The van der Waals surface area contributed by atoms with Gasteiger partial charge in [-0.3, -0.25) is 4.79 Å². The van der Waals surface area contributed by atoms with Crippen molar-refractivity contribution < 1.29 is 9.53 Å². The van der Waals surface area contributed by atoms with Crippen LogP contribution in [0.15, 0.2) is 60.7 Å². The average Bonchev–Trinajstić information content (AvgIpc) is 2.68. The zero-order valence-corrected chi connectivity index (χ0v) is 17.9. The highest BCUT2D eigenvalue weighted by Crippen LogP contribution is 2.26. The molecule has 0 unspecified atom stereocenters. The fraction of sp³-hybridized carbons (Fsp3) is 0.136. The zero-order chi connectivity index (χ0) is 20.8. The van der Waals surface area contributed by atoms with Crippen molar-refractivity contribution >= 4 is 52.1 Å².